The first-order valence-corrected chi connectivity index (χ1v) is 5.13. The van der Waals surface area contributed by atoms with Gasteiger partial charge in [0.15, 0.2) is 0 Å². The molecule has 3 N–H and O–H groups in total. The van der Waals surface area contributed by atoms with Gasteiger partial charge in [-0.25, -0.2) is 4.98 Å². The molecule has 1 rings (SSSR count). The summed E-state index contributed by atoms with van der Waals surface area (Å²) in [5, 5.41) is 3.17. The molecule has 0 saturated carbocycles. The number of methoxy groups -OCH3 is 1. The maximum Gasteiger partial charge on any atom is 0.125 e. The highest BCUT2D eigenvalue weighted by Gasteiger charge is 1.97. The number of anilines is 1. The van der Waals surface area contributed by atoms with Gasteiger partial charge in [-0.05, 0) is 18.6 Å². The molecule has 82 valence electrons. The lowest BCUT2D eigenvalue weighted by atomic mass is 10.3. The fourth-order valence-electron chi connectivity index (χ4n) is 1.08. The fraction of sp³-hybridized carbons (Fsp3) is 0.400. The van der Waals surface area contributed by atoms with Crippen molar-refractivity contribution >= 4 is 23.0 Å². The Morgan fingerprint density at radius 3 is 2.93 bits per heavy atom. The van der Waals surface area contributed by atoms with Gasteiger partial charge in [0.2, 0.25) is 0 Å². The molecule has 0 aliphatic rings. The van der Waals surface area contributed by atoms with Crippen molar-refractivity contribution < 1.29 is 4.74 Å². The van der Waals surface area contributed by atoms with Crippen LogP contribution in [-0.2, 0) is 4.74 Å². The van der Waals surface area contributed by atoms with Gasteiger partial charge in [0.25, 0.3) is 0 Å². The van der Waals surface area contributed by atoms with Gasteiger partial charge in [-0.2, -0.15) is 0 Å². The SMILES string of the molecule is COCCCNc1ccc(C(N)=S)cn1. The molecule has 1 aromatic heterocycles. The van der Waals surface area contributed by atoms with E-state index in [9.17, 15) is 0 Å². The summed E-state index contributed by atoms with van der Waals surface area (Å²) in [5.74, 6) is 0.825. The minimum atomic E-state index is 0.369. The standard InChI is InChI=1S/C10H15N3OS/c1-14-6-2-5-12-9-4-3-8(7-13-9)10(11)15/h3-4,7H,2,5-6H2,1H3,(H2,11,15)(H,12,13). The summed E-state index contributed by atoms with van der Waals surface area (Å²) in [6.07, 6.45) is 2.62. The fourth-order valence-corrected chi connectivity index (χ4v) is 1.20. The Balaban J connectivity index is 2.39. The highest BCUT2D eigenvalue weighted by atomic mass is 32.1. The second kappa shape index (κ2) is 6.31. The quantitative estimate of drug-likeness (QED) is 0.562. The first-order chi connectivity index (χ1) is 7.24. The van der Waals surface area contributed by atoms with Crippen LogP contribution in [0.4, 0.5) is 5.82 Å². The number of thiocarbonyl (C=S) groups is 1. The van der Waals surface area contributed by atoms with Gasteiger partial charge >= 0.3 is 0 Å². The van der Waals surface area contributed by atoms with E-state index >= 15 is 0 Å². The molecular formula is C10H15N3OS. The Morgan fingerprint density at radius 1 is 1.60 bits per heavy atom. The van der Waals surface area contributed by atoms with Crippen molar-refractivity contribution in [1.29, 1.82) is 0 Å². The van der Waals surface area contributed by atoms with Crippen molar-refractivity contribution in [3.63, 3.8) is 0 Å². The van der Waals surface area contributed by atoms with Crippen molar-refractivity contribution in [2.24, 2.45) is 5.73 Å². The van der Waals surface area contributed by atoms with E-state index in [0.717, 1.165) is 31.0 Å². The minimum absolute atomic E-state index is 0.369. The highest BCUT2D eigenvalue weighted by Crippen LogP contribution is 2.04. The lowest BCUT2D eigenvalue weighted by Crippen LogP contribution is -2.10. The van der Waals surface area contributed by atoms with Crippen LogP contribution in [0.1, 0.15) is 12.0 Å². The third kappa shape index (κ3) is 4.22. The van der Waals surface area contributed by atoms with Crippen LogP contribution in [-0.4, -0.2) is 30.2 Å². The van der Waals surface area contributed by atoms with Crippen molar-refractivity contribution in [2.45, 2.75) is 6.42 Å². The maximum absolute atomic E-state index is 5.46. The Morgan fingerprint density at radius 2 is 2.40 bits per heavy atom. The molecule has 15 heavy (non-hydrogen) atoms. The number of nitrogens with one attached hydrogen (secondary N) is 1. The number of hydrogen-bond donors (Lipinski definition) is 2. The molecule has 0 radical (unpaired) electrons. The number of ether oxygens (including phenoxy) is 1. The summed E-state index contributed by atoms with van der Waals surface area (Å²) in [4.78, 5) is 4.55. The predicted octanol–water partition coefficient (Wildman–Crippen LogP) is 1.16. The molecule has 0 atom stereocenters. The first kappa shape index (κ1) is 11.9. The van der Waals surface area contributed by atoms with Gasteiger partial charge in [0.1, 0.15) is 10.8 Å². The van der Waals surface area contributed by atoms with Gasteiger partial charge in [-0.15, -0.1) is 0 Å². The smallest absolute Gasteiger partial charge is 0.125 e. The zero-order valence-electron chi connectivity index (χ0n) is 8.69. The molecule has 0 aromatic carbocycles. The molecule has 5 heteroatoms. The van der Waals surface area contributed by atoms with Crippen molar-refractivity contribution in [3.05, 3.63) is 23.9 Å². The third-order valence-electron chi connectivity index (χ3n) is 1.88. The monoisotopic (exact) mass is 225 g/mol. The van der Waals surface area contributed by atoms with Crippen molar-refractivity contribution in [2.75, 3.05) is 25.6 Å². The van der Waals surface area contributed by atoms with Crippen LogP contribution < -0.4 is 11.1 Å². The summed E-state index contributed by atoms with van der Waals surface area (Å²) in [6.45, 7) is 1.59. The summed E-state index contributed by atoms with van der Waals surface area (Å²) < 4.78 is 4.94. The molecule has 4 nitrogen and oxygen atoms in total. The van der Waals surface area contributed by atoms with Crippen LogP contribution in [0.15, 0.2) is 18.3 Å². The first-order valence-electron chi connectivity index (χ1n) is 4.72. The van der Waals surface area contributed by atoms with E-state index < -0.39 is 0 Å². The zero-order valence-corrected chi connectivity index (χ0v) is 9.51. The van der Waals surface area contributed by atoms with E-state index in [1.54, 1.807) is 13.3 Å². The average Bonchev–Trinajstić information content (AvgIpc) is 2.25. The molecule has 1 aromatic rings. The van der Waals surface area contributed by atoms with E-state index in [2.05, 4.69) is 10.3 Å². The van der Waals surface area contributed by atoms with E-state index in [1.165, 1.54) is 0 Å². The van der Waals surface area contributed by atoms with E-state index in [1.807, 2.05) is 12.1 Å². The van der Waals surface area contributed by atoms with Crippen LogP contribution >= 0.6 is 12.2 Å². The summed E-state index contributed by atoms with van der Waals surface area (Å²) in [6, 6.07) is 3.72. The third-order valence-corrected chi connectivity index (χ3v) is 2.12. The Bertz CT molecular complexity index is 313. The molecular weight excluding hydrogens is 210 g/mol. The number of rotatable bonds is 6. The molecule has 0 bridgehead atoms. The molecule has 0 unspecified atom stereocenters. The Hall–Kier alpha value is -1.20. The van der Waals surface area contributed by atoms with Gasteiger partial charge in [0, 0.05) is 32.0 Å². The molecule has 0 aliphatic heterocycles. The van der Waals surface area contributed by atoms with Crippen molar-refractivity contribution in [3.8, 4) is 0 Å². The molecule has 0 fully saturated rings. The zero-order chi connectivity index (χ0) is 11.1. The molecule has 1 heterocycles. The van der Waals surface area contributed by atoms with Gasteiger partial charge < -0.3 is 15.8 Å². The normalized spacial score (nSPS) is 9.93. The highest BCUT2D eigenvalue weighted by molar-refractivity contribution is 7.80. The Labute approximate surface area is 94.8 Å². The molecule has 0 aliphatic carbocycles. The molecule has 0 saturated heterocycles. The predicted molar refractivity (Wildman–Crippen MR) is 65.1 cm³/mol. The summed E-state index contributed by atoms with van der Waals surface area (Å²) in [7, 11) is 1.69. The minimum Gasteiger partial charge on any atom is -0.389 e. The molecule has 0 amide bonds. The van der Waals surface area contributed by atoms with E-state index in [-0.39, 0.29) is 0 Å². The van der Waals surface area contributed by atoms with E-state index in [4.69, 9.17) is 22.7 Å². The van der Waals surface area contributed by atoms with Crippen LogP contribution in [0.5, 0.6) is 0 Å². The number of nitrogens with two attached hydrogens (primary N) is 1. The Kier molecular flexibility index (Phi) is 5.00. The largest absolute Gasteiger partial charge is 0.389 e. The van der Waals surface area contributed by atoms with Crippen LogP contribution in [0.3, 0.4) is 0 Å². The molecule has 0 spiro atoms. The van der Waals surface area contributed by atoms with Crippen molar-refractivity contribution in [1.82, 2.24) is 4.98 Å². The second-order valence-electron chi connectivity index (χ2n) is 3.07. The van der Waals surface area contributed by atoms with Crippen LogP contribution in [0.2, 0.25) is 0 Å². The maximum atomic E-state index is 5.46. The number of nitrogens with zero attached hydrogens (tertiary/aromatic N) is 1. The lowest BCUT2D eigenvalue weighted by Gasteiger charge is -2.05. The van der Waals surface area contributed by atoms with E-state index in [0.29, 0.717) is 4.99 Å². The number of aromatic nitrogens is 1. The average molecular weight is 225 g/mol. The van der Waals surface area contributed by atoms with Gasteiger partial charge in [0.05, 0.1) is 0 Å². The van der Waals surface area contributed by atoms with Crippen LogP contribution in [0, 0.1) is 0 Å². The lowest BCUT2D eigenvalue weighted by molar-refractivity contribution is 0.198. The topological polar surface area (TPSA) is 60.2 Å². The summed E-state index contributed by atoms with van der Waals surface area (Å²) >= 11 is 4.83. The summed E-state index contributed by atoms with van der Waals surface area (Å²) in [5.41, 5.74) is 6.24. The second-order valence-corrected chi connectivity index (χ2v) is 3.51. The van der Waals surface area contributed by atoms with Crippen LogP contribution in [0.25, 0.3) is 0 Å². The number of hydrogen-bond acceptors (Lipinski definition) is 4. The van der Waals surface area contributed by atoms with Gasteiger partial charge in [-0.1, -0.05) is 12.2 Å². The number of pyridine rings is 1. The van der Waals surface area contributed by atoms with Gasteiger partial charge in [-0.3, -0.25) is 0 Å².